The normalized spacial score (nSPS) is 28.1. The topological polar surface area (TPSA) is 80.1 Å². The molecule has 1 aromatic heterocycles. The lowest BCUT2D eigenvalue weighted by Gasteiger charge is -2.32. The van der Waals surface area contributed by atoms with Crippen molar-refractivity contribution in [1.82, 2.24) is 25.2 Å². The number of nitrogens with zero attached hydrogens (tertiary/aromatic N) is 4. The minimum Gasteiger partial charge on any atom is -0.351 e. The lowest BCUT2D eigenvalue weighted by molar-refractivity contribution is -0.123. The lowest BCUT2D eigenvalue weighted by Crippen LogP contribution is -2.51. The standard InChI is InChI=1S/C19H29N5O2/c1-3-15-17(21-22-23(15)4-2)19(26)24-13-6-5-7-14(16(24)11-10-13)20-18(25)12-8-9-12/h12-14,16H,3-11H2,1-2H3,(H,20,25). The Labute approximate surface area is 154 Å². The van der Waals surface area contributed by atoms with Crippen LogP contribution in [0.5, 0.6) is 0 Å². The number of hydrogen-bond acceptors (Lipinski definition) is 4. The average Bonchev–Trinajstić information content (AvgIpc) is 3.31. The Bertz CT molecular complexity index is 696. The summed E-state index contributed by atoms with van der Waals surface area (Å²) in [6.07, 6.45) is 7.79. The smallest absolute Gasteiger partial charge is 0.276 e. The van der Waals surface area contributed by atoms with E-state index in [0.717, 1.165) is 63.6 Å². The molecule has 26 heavy (non-hydrogen) atoms. The first-order valence-corrected chi connectivity index (χ1v) is 10.2. The van der Waals surface area contributed by atoms with Gasteiger partial charge < -0.3 is 10.2 Å². The molecule has 3 fully saturated rings. The zero-order chi connectivity index (χ0) is 18.3. The molecule has 0 spiro atoms. The molecule has 7 nitrogen and oxygen atoms in total. The predicted octanol–water partition coefficient (Wildman–Crippen LogP) is 1.91. The molecule has 0 aromatic carbocycles. The van der Waals surface area contributed by atoms with Crippen molar-refractivity contribution in [3.05, 3.63) is 11.4 Å². The number of aromatic nitrogens is 3. The van der Waals surface area contributed by atoms with Crippen molar-refractivity contribution in [3.63, 3.8) is 0 Å². The quantitative estimate of drug-likeness (QED) is 0.871. The Kier molecular flexibility index (Phi) is 4.71. The van der Waals surface area contributed by atoms with Crippen LogP contribution in [-0.4, -0.2) is 49.8 Å². The van der Waals surface area contributed by atoms with Crippen molar-refractivity contribution >= 4 is 11.8 Å². The van der Waals surface area contributed by atoms with Gasteiger partial charge in [0.15, 0.2) is 5.69 Å². The van der Waals surface area contributed by atoms with Gasteiger partial charge in [-0.3, -0.25) is 9.59 Å². The van der Waals surface area contributed by atoms with Crippen molar-refractivity contribution in [3.8, 4) is 0 Å². The van der Waals surface area contributed by atoms with Gasteiger partial charge in [0.2, 0.25) is 5.91 Å². The summed E-state index contributed by atoms with van der Waals surface area (Å²) in [5, 5.41) is 11.6. The zero-order valence-corrected chi connectivity index (χ0v) is 15.8. The summed E-state index contributed by atoms with van der Waals surface area (Å²) < 4.78 is 1.82. The molecule has 3 aliphatic rings. The first-order chi connectivity index (χ1) is 12.6. The zero-order valence-electron chi connectivity index (χ0n) is 15.8. The number of nitrogens with one attached hydrogen (secondary N) is 1. The van der Waals surface area contributed by atoms with Crippen LogP contribution in [0.2, 0.25) is 0 Å². The predicted molar refractivity (Wildman–Crippen MR) is 96.6 cm³/mol. The van der Waals surface area contributed by atoms with E-state index in [1.807, 2.05) is 23.4 Å². The molecule has 1 aromatic rings. The summed E-state index contributed by atoms with van der Waals surface area (Å²) >= 11 is 0. The van der Waals surface area contributed by atoms with Crippen LogP contribution in [0.4, 0.5) is 0 Å². The van der Waals surface area contributed by atoms with Crippen molar-refractivity contribution in [1.29, 1.82) is 0 Å². The Balaban J connectivity index is 1.58. The highest BCUT2D eigenvalue weighted by Gasteiger charge is 2.45. The second kappa shape index (κ2) is 7.00. The van der Waals surface area contributed by atoms with Crippen LogP contribution in [0.3, 0.4) is 0 Å². The van der Waals surface area contributed by atoms with E-state index in [9.17, 15) is 9.59 Å². The van der Waals surface area contributed by atoms with Gasteiger partial charge in [-0.05, 0) is 58.3 Å². The molecular formula is C19H29N5O2. The number of carbonyl (C=O) groups is 2. The van der Waals surface area contributed by atoms with E-state index < -0.39 is 0 Å². The third kappa shape index (κ3) is 3.01. The first-order valence-electron chi connectivity index (χ1n) is 10.2. The lowest BCUT2D eigenvalue weighted by atomic mass is 9.96. The number of aryl methyl sites for hydroxylation is 1. The minimum absolute atomic E-state index is 0.00150. The summed E-state index contributed by atoms with van der Waals surface area (Å²) in [5.41, 5.74) is 1.42. The van der Waals surface area contributed by atoms with Gasteiger partial charge in [-0.15, -0.1) is 5.10 Å². The highest BCUT2D eigenvalue weighted by atomic mass is 16.2. The summed E-state index contributed by atoms with van der Waals surface area (Å²) in [6, 6.07) is 0.437. The average molecular weight is 359 g/mol. The fourth-order valence-corrected chi connectivity index (χ4v) is 4.71. The van der Waals surface area contributed by atoms with Crippen molar-refractivity contribution in [2.75, 3.05) is 0 Å². The van der Waals surface area contributed by atoms with Gasteiger partial charge in [0.25, 0.3) is 5.91 Å². The molecule has 1 aliphatic carbocycles. The molecule has 7 heteroatoms. The van der Waals surface area contributed by atoms with Gasteiger partial charge in [-0.1, -0.05) is 12.1 Å². The van der Waals surface area contributed by atoms with Crippen LogP contribution in [0.1, 0.15) is 75.0 Å². The van der Waals surface area contributed by atoms with Gasteiger partial charge in [0, 0.05) is 24.5 Å². The van der Waals surface area contributed by atoms with Crippen LogP contribution in [0.15, 0.2) is 0 Å². The molecule has 0 radical (unpaired) electrons. The van der Waals surface area contributed by atoms with E-state index in [-0.39, 0.29) is 35.9 Å². The van der Waals surface area contributed by atoms with Crippen LogP contribution < -0.4 is 5.32 Å². The van der Waals surface area contributed by atoms with Crippen LogP contribution in [0.25, 0.3) is 0 Å². The molecule has 3 atom stereocenters. The van der Waals surface area contributed by atoms with E-state index in [1.54, 1.807) is 0 Å². The van der Waals surface area contributed by atoms with E-state index >= 15 is 0 Å². The van der Waals surface area contributed by atoms with Gasteiger partial charge in [0.05, 0.1) is 11.7 Å². The van der Waals surface area contributed by atoms with Crippen molar-refractivity contribution in [2.45, 2.75) is 89.9 Å². The number of hydrogen-bond donors (Lipinski definition) is 1. The van der Waals surface area contributed by atoms with Crippen LogP contribution in [-0.2, 0) is 17.8 Å². The van der Waals surface area contributed by atoms with E-state index in [1.165, 1.54) is 0 Å². The minimum atomic E-state index is 0.00150. The van der Waals surface area contributed by atoms with E-state index in [0.29, 0.717) is 5.69 Å². The fraction of sp³-hybridized carbons (Fsp3) is 0.789. The molecule has 2 bridgehead atoms. The van der Waals surface area contributed by atoms with Gasteiger partial charge >= 0.3 is 0 Å². The molecule has 2 saturated heterocycles. The second-order valence-electron chi connectivity index (χ2n) is 7.89. The third-order valence-corrected chi connectivity index (χ3v) is 6.25. The van der Waals surface area contributed by atoms with Crippen molar-refractivity contribution in [2.24, 2.45) is 5.92 Å². The maximum Gasteiger partial charge on any atom is 0.276 e. The third-order valence-electron chi connectivity index (χ3n) is 6.25. The summed E-state index contributed by atoms with van der Waals surface area (Å²) in [7, 11) is 0. The van der Waals surface area contributed by atoms with E-state index in [2.05, 4.69) is 15.6 Å². The van der Waals surface area contributed by atoms with E-state index in [4.69, 9.17) is 0 Å². The number of rotatable bonds is 5. The number of amides is 2. The monoisotopic (exact) mass is 359 g/mol. The Morgan fingerprint density at radius 1 is 1.12 bits per heavy atom. The highest BCUT2D eigenvalue weighted by molar-refractivity contribution is 5.94. The second-order valence-corrected chi connectivity index (χ2v) is 7.89. The maximum absolute atomic E-state index is 13.4. The molecule has 142 valence electrons. The van der Waals surface area contributed by atoms with Gasteiger partial charge in [-0.25, -0.2) is 4.68 Å². The number of fused-ring (bicyclic) bond motifs is 2. The van der Waals surface area contributed by atoms with Crippen LogP contribution >= 0.6 is 0 Å². The molecule has 2 amide bonds. The summed E-state index contributed by atoms with van der Waals surface area (Å²) in [4.78, 5) is 27.7. The molecule has 4 rings (SSSR count). The number of carbonyl (C=O) groups excluding carboxylic acids is 2. The summed E-state index contributed by atoms with van der Waals surface area (Å²) in [5.74, 6) is 0.385. The largest absolute Gasteiger partial charge is 0.351 e. The Hall–Kier alpha value is -1.92. The molecular weight excluding hydrogens is 330 g/mol. The molecule has 1 N–H and O–H groups in total. The molecule has 3 unspecified atom stereocenters. The Morgan fingerprint density at radius 2 is 1.92 bits per heavy atom. The molecule has 1 saturated carbocycles. The fourth-order valence-electron chi connectivity index (χ4n) is 4.71. The SMILES string of the molecule is CCc1c(C(=O)N2C3CCCC(NC(=O)C4CC4)C2CC3)nnn1CC. The molecule has 3 heterocycles. The first kappa shape index (κ1) is 17.5. The molecule has 2 aliphatic heterocycles. The maximum atomic E-state index is 13.4. The Morgan fingerprint density at radius 3 is 2.62 bits per heavy atom. The van der Waals surface area contributed by atoms with Crippen LogP contribution in [0, 0.1) is 5.92 Å². The summed E-state index contributed by atoms with van der Waals surface area (Å²) in [6.45, 7) is 4.77. The van der Waals surface area contributed by atoms with Gasteiger partial charge in [0.1, 0.15) is 0 Å². The van der Waals surface area contributed by atoms with Gasteiger partial charge in [-0.2, -0.15) is 0 Å². The van der Waals surface area contributed by atoms with Crippen molar-refractivity contribution < 1.29 is 9.59 Å². The highest BCUT2D eigenvalue weighted by Crippen LogP contribution is 2.37.